The van der Waals surface area contributed by atoms with E-state index in [4.69, 9.17) is 23.7 Å². The second kappa shape index (κ2) is 55.0. The molecule has 1 heterocycles. The van der Waals surface area contributed by atoms with Crippen molar-refractivity contribution in [2.24, 2.45) is 0 Å². The van der Waals surface area contributed by atoms with Gasteiger partial charge in [-0.05, 0) is 83.5 Å². The molecule has 0 spiro atoms. The number of hydrogen-bond acceptors (Lipinski definition) is 11. The van der Waals surface area contributed by atoms with Gasteiger partial charge in [0.15, 0.2) is 24.6 Å². The Morgan fingerprint density at radius 3 is 1.24 bits per heavy atom. The molecule has 12 heteroatoms. The third kappa shape index (κ3) is 44.7. The molecule has 1 fully saturated rings. The van der Waals surface area contributed by atoms with Gasteiger partial charge in [0, 0.05) is 19.3 Å². The van der Waals surface area contributed by atoms with Crippen molar-refractivity contribution in [3.8, 4) is 0 Å². The smallest absolute Gasteiger partial charge is 0.335 e. The standard InChI is InChI=1S/C67H116O12/c1-4-7-10-13-16-19-22-25-28-30-33-35-38-41-44-47-50-53-59(68)75-56-58(77-60(69)54-51-48-45-42-39-36-32-27-24-21-18-15-12-9-6-3)57-76-67-65(63(72)62(71)64(79-67)66(73)74)78-61(70)55-52-49-46-43-40-37-34-31-29-26-23-20-17-14-11-8-5-2/h7,10,16-17,19-20,25-26,28-29,58,62-65,67,71-72H,4-6,8-9,11-15,18,21-24,27,30-57H2,1-3H3,(H,73,74)/b10-7-,19-16-,20-17-,28-25-,29-26-. The molecule has 3 N–H and O–H groups in total. The number of carboxylic acid groups (broad SMARTS) is 1. The molecule has 6 unspecified atom stereocenters. The summed E-state index contributed by atoms with van der Waals surface area (Å²) >= 11 is 0. The number of aliphatic carboxylic acids is 1. The molecule has 0 aliphatic carbocycles. The summed E-state index contributed by atoms with van der Waals surface area (Å²) in [5.41, 5.74) is 0. The fraction of sp³-hybridized carbons (Fsp3) is 0.791. The summed E-state index contributed by atoms with van der Waals surface area (Å²) in [4.78, 5) is 51.3. The van der Waals surface area contributed by atoms with Gasteiger partial charge in [-0.3, -0.25) is 14.4 Å². The maximum absolute atomic E-state index is 13.2. The Hall–Kier alpha value is -3.58. The zero-order valence-electron chi connectivity index (χ0n) is 50.4. The van der Waals surface area contributed by atoms with Gasteiger partial charge in [-0.1, -0.05) is 248 Å². The average molecular weight is 1110 g/mol. The largest absolute Gasteiger partial charge is 0.479 e. The van der Waals surface area contributed by atoms with E-state index < -0.39 is 67.3 Å². The first-order chi connectivity index (χ1) is 38.6. The van der Waals surface area contributed by atoms with Gasteiger partial charge in [0.1, 0.15) is 18.8 Å². The average Bonchev–Trinajstić information content (AvgIpc) is 3.47. The predicted molar refractivity (Wildman–Crippen MR) is 322 cm³/mol. The molecule has 6 atom stereocenters. The number of rotatable bonds is 55. The summed E-state index contributed by atoms with van der Waals surface area (Å²) in [6.07, 6.45) is 56.0. The van der Waals surface area contributed by atoms with Crippen LogP contribution < -0.4 is 0 Å². The molecule has 0 amide bonds. The second-order valence-corrected chi connectivity index (χ2v) is 22.0. The molecule has 1 aliphatic rings. The SMILES string of the molecule is CC/C=C\C/C=C\C/C=C\CCCCCCCCCC(=O)OCC(COC1OC(C(=O)O)C(O)C(O)C1OC(=O)CCCCCCCCC/C=C\C/C=C\CCCCC)OC(=O)CCCCCCCCCCCCCCCCC. The fourth-order valence-electron chi connectivity index (χ4n) is 9.65. The number of carboxylic acids is 1. The normalized spacial score (nSPS) is 18.2. The van der Waals surface area contributed by atoms with E-state index in [0.717, 1.165) is 128 Å². The van der Waals surface area contributed by atoms with Gasteiger partial charge in [-0.2, -0.15) is 0 Å². The maximum Gasteiger partial charge on any atom is 0.335 e. The molecule has 1 rings (SSSR count). The van der Waals surface area contributed by atoms with Crippen LogP contribution in [-0.4, -0.2) is 89.2 Å². The highest BCUT2D eigenvalue weighted by Crippen LogP contribution is 2.27. The van der Waals surface area contributed by atoms with Gasteiger partial charge >= 0.3 is 23.9 Å². The van der Waals surface area contributed by atoms with E-state index in [1.165, 1.54) is 103 Å². The third-order valence-electron chi connectivity index (χ3n) is 14.6. The first-order valence-corrected chi connectivity index (χ1v) is 32.3. The Kier molecular flexibility index (Phi) is 51.1. The van der Waals surface area contributed by atoms with E-state index in [1.54, 1.807) is 0 Å². The van der Waals surface area contributed by atoms with Gasteiger partial charge in [-0.15, -0.1) is 0 Å². The Morgan fingerprint density at radius 1 is 0.430 bits per heavy atom. The summed E-state index contributed by atoms with van der Waals surface area (Å²) < 4.78 is 28.5. The fourth-order valence-corrected chi connectivity index (χ4v) is 9.65. The van der Waals surface area contributed by atoms with Crippen molar-refractivity contribution in [1.29, 1.82) is 0 Å². The Morgan fingerprint density at radius 2 is 0.797 bits per heavy atom. The van der Waals surface area contributed by atoms with Crippen molar-refractivity contribution in [3.63, 3.8) is 0 Å². The lowest BCUT2D eigenvalue weighted by Gasteiger charge is -2.40. The molecular weight excluding hydrogens is 997 g/mol. The number of ether oxygens (including phenoxy) is 5. The van der Waals surface area contributed by atoms with Crippen LogP contribution in [-0.2, 0) is 42.9 Å². The number of aliphatic hydroxyl groups is 2. The zero-order valence-corrected chi connectivity index (χ0v) is 50.4. The van der Waals surface area contributed by atoms with Crippen LogP contribution in [0.4, 0.5) is 0 Å². The van der Waals surface area contributed by atoms with Crippen molar-refractivity contribution < 1.29 is 58.2 Å². The van der Waals surface area contributed by atoms with Crippen LogP contribution in [0.25, 0.3) is 0 Å². The third-order valence-corrected chi connectivity index (χ3v) is 14.6. The minimum Gasteiger partial charge on any atom is -0.479 e. The summed E-state index contributed by atoms with van der Waals surface area (Å²) in [5, 5.41) is 31.6. The molecular formula is C67H116O12. The van der Waals surface area contributed by atoms with E-state index in [2.05, 4.69) is 81.5 Å². The topological polar surface area (TPSA) is 175 Å². The van der Waals surface area contributed by atoms with E-state index in [1.807, 2.05) is 0 Å². The quantitative estimate of drug-likeness (QED) is 0.0228. The van der Waals surface area contributed by atoms with Crippen LogP contribution in [0.2, 0.25) is 0 Å². The van der Waals surface area contributed by atoms with Gasteiger partial charge < -0.3 is 39.0 Å². The van der Waals surface area contributed by atoms with Crippen molar-refractivity contribution in [3.05, 3.63) is 60.8 Å². The monoisotopic (exact) mass is 1110 g/mol. The van der Waals surface area contributed by atoms with Crippen molar-refractivity contribution >= 4 is 23.9 Å². The molecule has 0 saturated carbocycles. The van der Waals surface area contributed by atoms with Crippen LogP contribution in [0, 0.1) is 0 Å². The summed E-state index contributed by atoms with van der Waals surface area (Å²) in [5.74, 6) is -3.12. The molecule has 79 heavy (non-hydrogen) atoms. The first kappa shape index (κ1) is 73.4. The minimum atomic E-state index is -1.91. The van der Waals surface area contributed by atoms with Crippen LogP contribution in [0.5, 0.6) is 0 Å². The molecule has 0 aromatic heterocycles. The molecule has 1 saturated heterocycles. The summed E-state index contributed by atoms with van der Waals surface area (Å²) in [6, 6.07) is 0. The van der Waals surface area contributed by atoms with Gasteiger partial charge in [0.2, 0.25) is 0 Å². The van der Waals surface area contributed by atoms with Crippen molar-refractivity contribution in [2.75, 3.05) is 13.2 Å². The highest BCUT2D eigenvalue weighted by atomic mass is 16.7. The number of carbonyl (C=O) groups is 4. The Balaban J connectivity index is 2.66. The van der Waals surface area contributed by atoms with Gasteiger partial charge in [-0.25, -0.2) is 4.79 Å². The molecule has 0 radical (unpaired) electrons. The molecule has 456 valence electrons. The predicted octanol–water partition coefficient (Wildman–Crippen LogP) is 17.1. The number of hydrogen-bond donors (Lipinski definition) is 3. The molecule has 0 aromatic rings. The number of esters is 3. The van der Waals surface area contributed by atoms with Gasteiger partial charge in [0.05, 0.1) is 6.61 Å². The highest BCUT2D eigenvalue weighted by Gasteiger charge is 2.50. The number of allylic oxidation sites excluding steroid dienone is 10. The summed E-state index contributed by atoms with van der Waals surface area (Å²) in [7, 11) is 0. The number of unbranched alkanes of at least 4 members (excludes halogenated alkanes) is 31. The first-order valence-electron chi connectivity index (χ1n) is 32.3. The molecule has 1 aliphatic heterocycles. The molecule has 12 nitrogen and oxygen atoms in total. The minimum absolute atomic E-state index is 0.0516. The Labute approximate surface area is 481 Å². The number of carbonyl (C=O) groups excluding carboxylic acids is 3. The van der Waals surface area contributed by atoms with E-state index >= 15 is 0 Å². The second-order valence-electron chi connectivity index (χ2n) is 22.0. The van der Waals surface area contributed by atoms with Gasteiger partial charge in [0.25, 0.3) is 0 Å². The van der Waals surface area contributed by atoms with E-state index in [-0.39, 0.29) is 25.9 Å². The van der Waals surface area contributed by atoms with E-state index in [0.29, 0.717) is 19.3 Å². The lowest BCUT2D eigenvalue weighted by atomic mass is 9.98. The molecule has 0 aromatic carbocycles. The lowest BCUT2D eigenvalue weighted by molar-refractivity contribution is -0.301. The maximum atomic E-state index is 13.2. The van der Waals surface area contributed by atoms with Crippen LogP contribution in [0.15, 0.2) is 60.8 Å². The number of aliphatic hydroxyl groups excluding tert-OH is 2. The van der Waals surface area contributed by atoms with Crippen molar-refractivity contribution in [1.82, 2.24) is 0 Å². The van der Waals surface area contributed by atoms with Crippen LogP contribution in [0.1, 0.15) is 290 Å². The Bertz CT molecular complexity index is 1600. The summed E-state index contributed by atoms with van der Waals surface area (Å²) in [6.45, 7) is 5.88. The zero-order chi connectivity index (χ0) is 57.5. The van der Waals surface area contributed by atoms with E-state index in [9.17, 15) is 34.5 Å². The van der Waals surface area contributed by atoms with Crippen LogP contribution >= 0.6 is 0 Å². The highest BCUT2D eigenvalue weighted by molar-refractivity contribution is 5.74. The van der Waals surface area contributed by atoms with Crippen LogP contribution in [0.3, 0.4) is 0 Å². The lowest BCUT2D eigenvalue weighted by Crippen LogP contribution is -2.61. The van der Waals surface area contributed by atoms with Crippen molar-refractivity contribution in [2.45, 2.75) is 327 Å². The molecule has 0 bridgehead atoms.